The van der Waals surface area contributed by atoms with Crippen molar-refractivity contribution in [3.05, 3.63) is 54.5 Å². The second kappa shape index (κ2) is 11.0. The third-order valence-electron chi connectivity index (χ3n) is 4.77. The van der Waals surface area contributed by atoms with Crippen LogP contribution < -0.4 is 15.0 Å². The Hall–Kier alpha value is -3.05. The van der Waals surface area contributed by atoms with E-state index in [0.29, 0.717) is 44.2 Å². The number of ether oxygens (including phenoxy) is 1. The molecule has 1 aliphatic heterocycles. The number of piperazine rings is 1. The van der Waals surface area contributed by atoms with Gasteiger partial charge in [0.05, 0.1) is 18.6 Å². The van der Waals surface area contributed by atoms with Gasteiger partial charge in [0.2, 0.25) is 11.0 Å². The fourth-order valence-electron chi connectivity index (χ4n) is 3.07. The van der Waals surface area contributed by atoms with E-state index in [4.69, 9.17) is 9.15 Å². The SMILES string of the molecule is O=C(CSc1nnc(N2CCN(C(=O)COc3ccccc3)CC2)s1)NCc1ccco1. The molecule has 1 aromatic carbocycles. The van der Waals surface area contributed by atoms with E-state index in [-0.39, 0.29) is 24.2 Å². The molecule has 0 spiro atoms. The molecule has 1 saturated heterocycles. The maximum atomic E-state index is 12.4. The summed E-state index contributed by atoms with van der Waals surface area (Å²) in [6.45, 7) is 2.97. The van der Waals surface area contributed by atoms with Crippen molar-refractivity contribution in [3.8, 4) is 5.75 Å². The van der Waals surface area contributed by atoms with E-state index in [1.54, 1.807) is 17.2 Å². The Morgan fingerprint density at radius 1 is 1.09 bits per heavy atom. The van der Waals surface area contributed by atoms with E-state index >= 15 is 0 Å². The number of carbonyl (C=O) groups is 2. The van der Waals surface area contributed by atoms with Crippen molar-refractivity contribution >= 4 is 40.0 Å². The number of hydrogen-bond acceptors (Lipinski definition) is 9. The summed E-state index contributed by atoms with van der Waals surface area (Å²) in [4.78, 5) is 28.3. The molecule has 2 aromatic heterocycles. The maximum absolute atomic E-state index is 12.4. The van der Waals surface area contributed by atoms with Gasteiger partial charge in [-0.25, -0.2) is 0 Å². The first-order valence-corrected chi connectivity index (χ1v) is 11.9. The third-order valence-corrected chi connectivity index (χ3v) is 6.89. The van der Waals surface area contributed by atoms with Crippen LogP contribution in [0.25, 0.3) is 0 Å². The van der Waals surface area contributed by atoms with Crippen LogP contribution in [0.5, 0.6) is 5.75 Å². The minimum Gasteiger partial charge on any atom is -0.484 e. The number of nitrogens with zero attached hydrogens (tertiary/aromatic N) is 4. The van der Waals surface area contributed by atoms with Crippen LogP contribution in [0.15, 0.2) is 57.5 Å². The lowest BCUT2D eigenvalue weighted by atomic mass is 10.3. The van der Waals surface area contributed by atoms with Gasteiger partial charge >= 0.3 is 0 Å². The molecule has 1 N–H and O–H groups in total. The number of benzene rings is 1. The second-order valence-corrected chi connectivity index (χ2v) is 9.14. The van der Waals surface area contributed by atoms with Crippen molar-refractivity contribution in [1.29, 1.82) is 0 Å². The number of nitrogens with one attached hydrogen (secondary N) is 1. The number of hydrogen-bond donors (Lipinski definition) is 1. The highest BCUT2D eigenvalue weighted by molar-refractivity contribution is 8.01. The lowest BCUT2D eigenvalue weighted by Gasteiger charge is -2.34. The normalized spacial score (nSPS) is 13.8. The van der Waals surface area contributed by atoms with Gasteiger partial charge in [0.25, 0.3) is 5.91 Å². The highest BCUT2D eigenvalue weighted by Crippen LogP contribution is 2.28. The Balaban J connectivity index is 1.17. The fraction of sp³-hybridized carbons (Fsp3) is 0.333. The molecule has 9 nitrogen and oxygen atoms in total. The van der Waals surface area contributed by atoms with Gasteiger partial charge in [-0.15, -0.1) is 10.2 Å². The molecule has 3 heterocycles. The topological polar surface area (TPSA) is 101 Å². The van der Waals surface area contributed by atoms with Crippen LogP contribution in [0.4, 0.5) is 5.13 Å². The van der Waals surface area contributed by atoms with Gasteiger partial charge in [0.15, 0.2) is 10.9 Å². The van der Waals surface area contributed by atoms with E-state index in [1.165, 1.54) is 23.1 Å². The first-order valence-electron chi connectivity index (χ1n) is 10.1. The average molecular weight is 474 g/mol. The Morgan fingerprint density at radius 3 is 2.66 bits per heavy atom. The highest BCUT2D eigenvalue weighted by Gasteiger charge is 2.23. The molecule has 0 unspecified atom stereocenters. The molecule has 1 aliphatic rings. The first-order chi connectivity index (χ1) is 15.7. The van der Waals surface area contributed by atoms with Crippen LogP contribution in [-0.4, -0.2) is 65.5 Å². The molecule has 168 valence electrons. The summed E-state index contributed by atoms with van der Waals surface area (Å²) in [6, 6.07) is 12.9. The lowest BCUT2D eigenvalue weighted by Crippen LogP contribution is -2.50. The fourth-order valence-corrected chi connectivity index (χ4v) is 4.79. The lowest BCUT2D eigenvalue weighted by molar-refractivity contribution is -0.133. The predicted octanol–water partition coefficient (Wildman–Crippen LogP) is 2.27. The largest absolute Gasteiger partial charge is 0.484 e. The molecule has 3 aromatic rings. The van der Waals surface area contributed by atoms with E-state index in [0.717, 1.165) is 9.47 Å². The number of amides is 2. The number of rotatable bonds is 9. The summed E-state index contributed by atoms with van der Waals surface area (Å²) in [5.74, 6) is 1.55. The third kappa shape index (κ3) is 6.24. The van der Waals surface area contributed by atoms with Crippen LogP contribution in [-0.2, 0) is 16.1 Å². The van der Waals surface area contributed by atoms with Gasteiger partial charge < -0.3 is 24.3 Å². The van der Waals surface area contributed by atoms with Crippen molar-refractivity contribution in [2.45, 2.75) is 10.9 Å². The molecule has 1 fully saturated rings. The van der Waals surface area contributed by atoms with Gasteiger partial charge in [-0.05, 0) is 24.3 Å². The van der Waals surface area contributed by atoms with Crippen LogP contribution in [0.3, 0.4) is 0 Å². The molecule has 0 radical (unpaired) electrons. The number of aromatic nitrogens is 2. The number of furan rings is 1. The number of anilines is 1. The molecule has 0 atom stereocenters. The summed E-state index contributed by atoms with van der Waals surface area (Å²) in [6.07, 6.45) is 1.58. The molecule has 32 heavy (non-hydrogen) atoms. The summed E-state index contributed by atoms with van der Waals surface area (Å²) >= 11 is 2.81. The molecule has 11 heteroatoms. The average Bonchev–Trinajstić information content (AvgIpc) is 3.53. The van der Waals surface area contributed by atoms with Gasteiger partial charge in [-0.1, -0.05) is 41.3 Å². The van der Waals surface area contributed by atoms with Crippen molar-refractivity contribution in [1.82, 2.24) is 20.4 Å². The maximum Gasteiger partial charge on any atom is 0.260 e. The predicted molar refractivity (Wildman–Crippen MR) is 122 cm³/mol. The molecule has 4 rings (SSSR count). The molecule has 0 saturated carbocycles. The molecular formula is C21H23N5O4S2. The van der Waals surface area contributed by atoms with E-state index < -0.39 is 0 Å². The van der Waals surface area contributed by atoms with Gasteiger partial charge in [0, 0.05) is 26.2 Å². The molecule has 2 amide bonds. The summed E-state index contributed by atoms with van der Waals surface area (Å²) in [5.41, 5.74) is 0. The van der Waals surface area contributed by atoms with Gasteiger partial charge in [0.1, 0.15) is 11.5 Å². The minimum atomic E-state index is -0.0898. The number of thioether (sulfide) groups is 1. The van der Waals surface area contributed by atoms with E-state index in [1.807, 2.05) is 36.4 Å². The Bertz CT molecular complexity index is 1000. The zero-order valence-electron chi connectivity index (χ0n) is 17.3. The molecular weight excluding hydrogens is 450 g/mol. The quantitative estimate of drug-likeness (QED) is 0.473. The van der Waals surface area contributed by atoms with E-state index in [9.17, 15) is 9.59 Å². The van der Waals surface area contributed by atoms with Crippen molar-refractivity contribution in [3.63, 3.8) is 0 Å². The standard InChI is InChI=1S/C21H23N5O4S2/c27-18(22-13-17-7-4-12-29-17)15-31-21-24-23-20(32-21)26-10-8-25(9-11-26)19(28)14-30-16-5-2-1-3-6-16/h1-7,12H,8-11,13-15H2,(H,22,27). The highest BCUT2D eigenvalue weighted by atomic mass is 32.2. The van der Waals surface area contributed by atoms with Gasteiger partial charge in [-0.2, -0.15) is 0 Å². The first kappa shape index (κ1) is 22.2. The summed E-state index contributed by atoms with van der Waals surface area (Å²) in [7, 11) is 0. The number of para-hydroxylation sites is 1. The smallest absolute Gasteiger partial charge is 0.260 e. The zero-order valence-corrected chi connectivity index (χ0v) is 18.9. The Kier molecular flexibility index (Phi) is 7.62. The van der Waals surface area contributed by atoms with Crippen molar-refractivity contribution in [2.75, 3.05) is 43.4 Å². The van der Waals surface area contributed by atoms with Crippen LogP contribution in [0, 0.1) is 0 Å². The second-order valence-electron chi connectivity index (χ2n) is 6.96. The monoisotopic (exact) mass is 473 g/mol. The van der Waals surface area contributed by atoms with Crippen molar-refractivity contribution in [2.24, 2.45) is 0 Å². The number of carbonyl (C=O) groups excluding carboxylic acids is 2. The van der Waals surface area contributed by atoms with E-state index in [2.05, 4.69) is 20.4 Å². The van der Waals surface area contributed by atoms with Crippen molar-refractivity contribution < 1.29 is 18.7 Å². The van der Waals surface area contributed by atoms with Crippen LogP contribution in [0.2, 0.25) is 0 Å². The van der Waals surface area contributed by atoms with Crippen LogP contribution in [0.1, 0.15) is 5.76 Å². The summed E-state index contributed by atoms with van der Waals surface area (Å²) in [5, 5.41) is 12.0. The minimum absolute atomic E-state index is 0.0254. The Morgan fingerprint density at radius 2 is 1.91 bits per heavy atom. The summed E-state index contributed by atoms with van der Waals surface area (Å²) < 4.78 is 11.5. The molecule has 0 aliphatic carbocycles. The van der Waals surface area contributed by atoms with Gasteiger partial charge in [-0.3, -0.25) is 9.59 Å². The molecule has 0 bridgehead atoms. The Labute approximate surface area is 193 Å². The zero-order chi connectivity index (χ0) is 22.2. The van der Waals surface area contributed by atoms with Crippen LogP contribution >= 0.6 is 23.1 Å².